The van der Waals surface area contributed by atoms with E-state index in [0.717, 1.165) is 17.0 Å². The number of H-pyrrole nitrogens is 1. The van der Waals surface area contributed by atoms with Gasteiger partial charge in [-0.3, -0.25) is 10.1 Å². The highest BCUT2D eigenvalue weighted by Crippen LogP contribution is 2.21. The fourth-order valence-electron chi connectivity index (χ4n) is 2.69. The van der Waals surface area contributed by atoms with Crippen molar-refractivity contribution in [3.63, 3.8) is 0 Å². The van der Waals surface area contributed by atoms with E-state index in [2.05, 4.69) is 40.8 Å². The number of anilines is 4. The Balaban J connectivity index is 1.50. The monoisotopic (exact) mass is 391 g/mol. The molecule has 0 saturated carbocycles. The Kier molecular flexibility index (Phi) is 4.97. The average Bonchev–Trinajstić information content (AvgIpc) is 3.17. The van der Waals surface area contributed by atoms with E-state index in [4.69, 9.17) is 5.73 Å². The number of nitrogens with one attached hydrogen (secondary N) is 3. The van der Waals surface area contributed by atoms with Crippen LogP contribution in [0.4, 0.5) is 28.1 Å². The number of nitrogens with two attached hydrogens (primary N) is 1. The van der Waals surface area contributed by atoms with Gasteiger partial charge in [0.2, 0.25) is 17.8 Å². The van der Waals surface area contributed by atoms with Crippen LogP contribution in [0.25, 0.3) is 11.4 Å². The van der Waals surface area contributed by atoms with Gasteiger partial charge in [-0.1, -0.05) is 18.2 Å². The Labute approximate surface area is 165 Å². The molecule has 1 aromatic carbocycles. The van der Waals surface area contributed by atoms with E-state index in [-0.39, 0.29) is 29.7 Å². The standard InChI is InChI=1S/C19H18FN9/c1-11(12-5-7-13(20)8-6-12)23-18-25-17(21)26-19(27-18)24-16-10-15(28-29-16)14-4-2-3-9-22-14/h2-11H,1H3,(H5,21,23,24,25,26,27,28,29). The lowest BCUT2D eigenvalue weighted by Crippen LogP contribution is -2.12. The maximum atomic E-state index is 13.1. The summed E-state index contributed by atoms with van der Waals surface area (Å²) in [6.45, 7) is 1.91. The molecule has 0 aliphatic heterocycles. The van der Waals surface area contributed by atoms with Gasteiger partial charge in [0.25, 0.3) is 0 Å². The quantitative estimate of drug-likeness (QED) is 0.394. The lowest BCUT2D eigenvalue weighted by molar-refractivity contribution is 0.626. The first kappa shape index (κ1) is 18.3. The Bertz CT molecular complexity index is 1100. The van der Waals surface area contributed by atoms with Gasteiger partial charge in [0, 0.05) is 12.3 Å². The molecule has 9 nitrogen and oxygen atoms in total. The van der Waals surface area contributed by atoms with Crippen molar-refractivity contribution < 1.29 is 4.39 Å². The highest BCUT2D eigenvalue weighted by atomic mass is 19.1. The highest BCUT2D eigenvalue weighted by Gasteiger charge is 2.11. The summed E-state index contributed by atoms with van der Waals surface area (Å²) in [6, 6.07) is 13.4. The van der Waals surface area contributed by atoms with Crippen LogP contribution in [0.1, 0.15) is 18.5 Å². The van der Waals surface area contributed by atoms with Crippen LogP contribution < -0.4 is 16.4 Å². The Hall–Kier alpha value is -4.08. The lowest BCUT2D eigenvalue weighted by atomic mass is 10.1. The van der Waals surface area contributed by atoms with E-state index in [0.29, 0.717) is 5.82 Å². The molecule has 0 spiro atoms. The summed E-state index contributed by atoms with van der Waals surface area (Å²) in [5.74, 6) is 0.800. The molecule has 10 heteroatoms. The van der Waals surface area contributed by atoms with Crippen LogP contribution in [-0.4, -0.2) is 30.1 Å². The zero-order valence-electron chi connectivity index (χ0n) is 15.5. The van der Waals surface area contributed by atoms with Crippen LogP contribution in [0.15, 0.2) is 54.7 Å². The molecule has 5 N–H and O–H groups in total. The smallest absolute Gasteiger partial charge is 0.235 e. The summed E-state index contributed by atoms with van der Waals surface area (Å²) in [5, 5.41) is 13.2. The van der Waals surface area contributed by atoms with Crippen LogP contribution in [0.2, 0.25) is 0 Å². The van der Waals surface area contributed by atoms with Crippen molar-refractivity contribution in [1.82, 2.24) is 30.1 Å². The van der Waals surface area contributed by atoms with Crippen molar-refractivity contribution in [3.05, 3.63) is 66.1 Å². The number of pyridine rings is 1. The van der Waals surface area contributed by atoms with Gasteiger partial charge in [0.05, 0.1) is 17.4 Å². The zero-order valence-corrected chi connectivity index (χ0v) is 15.5. The SMILES string of the molecule is CC(Nc1nc(N)nc(Nc2cc(-c3ccccn3)[nH]n2)n1)c1ccc(F)cc1. The molecule has 0 aliphatic rings. The molecule has 0 amide bonds. The first-order valence-electron chi connectivity index (χ1n) is 8.84. The van der Waals surface area contributed by atoms with Gasteiger partial charge in [-0.25, -0.2) is 4.39 Å². The van der Waals surface area contributed by atoms with Crippen LogP contribution in [0.3, 0.4) is 0 Å². The minimum Gasteiger partial charge on any atom is -0.368 e. The number of aromatic nitrogens is 6. The molecular formula is C19H18FN9. The van der Waals surface area contributed by atoms with Crippen molar-refractivity contribution in [2.45, 2.75) is 13.0 Å². The van der Waals surface area contributed by atoms with Gasteiger partial charge in [0.1, 0.15) is 5.82 Å². The molecular weight excluding hydrogens is 373 g/mol. The molecule has 4 aromatic rings. The fourth-order valence-corrected chi connectivity index (χ4v) is 2.69. The van der Waals surface area contributed by atoms with Crippen molar-refractivity contribution in [2.24, 2.45) is 0 Å². The summed E-state index contributed by atoms with van der Waals surface area (Å²) < 4.78 is 13.1. The molecule has 146 valence electrons. The molecule has 0 bridgehead atoms. The fraction of sp³-hybridized carbons (Fsp3) is 0.105. The second-order valence-electron chi connectivity index (χ2n) is 6.27. The summed E-state index contributed by atoms with van der Waals surface area (Å²) in [7, 11) is 0. The Morgan fingerprint density at radius 1 is 1.03 bits per heavy atom. The molecule has 3 heterocycles. The second-order valence-corrected chi connectivity index (χ2v) is 6.27. The van der Waals surface area contributed by atoms with Crippen LogP contribution >= 0.6 is 0 Å². The number of nitrogens with zero attached hydrogens (tertiary/aromatic N) is 5. The van der Waals surface area contributed by atoms with E-state index in [1.165, 1.54) is 12.1 Å². The van der Waals surface area contributed by atoms with Gasteiger partial charge in [0.15, 0.2) is 5.82 Å². The van der Waals surface area contributed by atoms with Crippen molar-refractivity contribution in [2.75, 3.05) is 16.4 Å². The van der Waals surface area contributed by atoms with Crippen LogP contribution in [-0.2, 0) is 0 Å². The third kappa shape index (κ3) is 4.43. The highest BCUT2D eigenvalue weighted by molar-refractivity contribution is 5.61. The van der Waals surface area contributed by atoms with Gasteiger partial charge in [-0.2, -0.15) is 20.1 Å². The van der Waals surface area contributed by atoms with E-state index < -0.39 is 0 Å². The summed E-state index contributed by atoms with van der Waals surface area (Å²) >= 11 is 0. The van der Waals surface area contributed by atoms with Gasteiger partial charge >= 0.3 is 0 Å². The molecule has 0 radical (unpaired) electrons. The first-order chi connectivity index (χ1) is 14.1. The summed E-state index contributed by atoms with van der Waals surface area (Å²) in [6.07, 6.45) is 1.70. The maximum Gasteiger partial charge on any atom is 0.235 e. The Morgan fingerprint density at radius 3 is 2.59 bits per heavy atom. The summed E-state index contributed by atoms with van der Waals surface area (Å²) in [4.78, 5) is 16.8. The minimum atomic E-state index is -0.291. The van der Waals surface area contributed by atoms with Gasteiger partial charge < -0.3 is 16.4 Å². The number of aromatic amines is 1. The number of nitrogen functional groups attached to an aromatic ring is 1. The van der Waals surface area contributed by atoms with Crippen LogP contribution in [0, 0.1) is 5.82 Å². The topological polar surface area (TPSA) is 130 Å². The second kappa shape index (κ2) is 7.89. The van der Waals surface area contributed by atoms with E-state index in [1.54, 1.807) is 24.4 Å². The lowest BCUT2D eigenvalue weighted by Gasteiger charge is -2.14. The van der Waals surface area contributed by atoms with Gasteiger partial charge in [-0.15, -0.1) is 0 Å². The Morgan fingerprint density at radius 2 is 1.83 bits per heavy atom. The number of hydrogen-bond donors (Lipinski definition) is 4. The normalized spacial score (nSPS) is 11.8. The number of hydrogen-bond acceptors (Lipinski definition) is 8. The zero-order chi connectivity index (χ0) is 20.2. The molecule has 0 saturated heterocycles. The van der Waals surface area contributed by atoms with Crippen molar-refractivity contribution in [1.29, 1.82) is 0 Å². The van der Waals surface area contributed by atoms with E-state index in [1.807, 2.05) is 25.1 Å². The maximum absolute atomic E-state index is 13.1. The van der Waals surface area contributed by atoms with E-state index >= 15 is 0 Å². The number of benzene rings is 1. The molecule has 1 atom stereocenters. The van der Waals surface area contributed by atoms with Crippen LogP contribution in [0.5, 0.6) is 0 Å². The summed E-state index contributed by atoms with van der Waals surface area (Å²) in [5.41, 5.74) is 8.21. The predicted octanol–water partition coefficient (Wildman–Crippen LogP) is 3.29. The molecule has 3 aromatic heterocycles. The third-order valence-electron chi connectivity index (χ3n) is 4.13. The largest absolute Gasteiger partial charge is 0.368 e. The third-order valence-corrected chi connectivity index (χ3v) is 4.13. The average molecular weight is 391 g/mol. The first-order valence-corrected chi connectivity index (χ1v) is 8.84. The van der Waals surface area contributed by atoms with Crippen molar-refractivity contribution >= 4 is 23.7 Å². The predicted molar refractivity (Wildman–Crippen MR) is 108 cm³/mol. The molecule has 4 rings (SSSR count). The molecule has 0 aliphatic carbocycles. The van der Waals surface area contributed by atoms with E-state index in [9.17, 15) is 4.39 Å². The molecule has 0 fully saturated rings. The molecule has 29 heavy (non-hydrogen) atoms. The number of halogens is 1. The van der Waals surface area contributed by atoms with Crippen molar-refractivity contribution in [3.8, 4) is 11.4 Å². The molecule has 1 unspecified atom stereocenters. The minimum absolute atomic E-state index is 0.0526. The van der Waals surface area contributed by atoms with Gasteiger partial charge in [-0.05, 0) is 36.8 Å². The number of rotatable bonds is 6.